The van der Waals surface area contributed by atoms with E-state index in [-0.39, 0.29) is 31.1 Å². The summed E-state index contributed by atoms with van der Waals surface area (Å²) >= 11 is 0. The Morgan fingerprint density at radius 2 is 1.91 bits per heavy atom. The van der Waals surface area contributed by atoms with E-state index in [1.54, 1.807) is 0 Å². The van der Waals surface area contributed by atoms with Crippen molar-refractivity contribution in [3.05, 3.63) is 40.4 Å². The number of alkyl halides is 2. The minimum absolute atomic E-state index is 0.000820. The normalized spacial score (nSPS) is 18.2. The molecule has 1 fully saturated rings. The average molecular weight is 328 g/mol. The second-order valence-electron chi connectivity index (χ2n) is 5.77. The van der Waals surface area contributed by atoms with Crippen molar-refractivity contribution in [2.24, 2.45) is 5.92 Å². The third kappa shape index (κ3) is 3.77. The molecule has 0 amide bonds. The van der Waals surface area contributed by atoms with Crippen LogP contribution in [0.5, 0.6) is 0 Å². The third-order valence-electron chi connectivity index (χ3n) is 4.04. The molecule has 1 aliphatic rings. The first-order chi connectivity index (χ1) is 10.9. The molecule has 23 heavy (non-hydrogen) atoms. The smallest absolute Gasteiger partial charge is 0.296 e. The summed E-state index contributed by atoms with van der Waals surface area (Å²) in [5, 5.41) is 3.72. The zero-order valence-electron chi connectivity index (χ0n) is 12.2. The summed E-state index contributed by atoms with van der Waals surface area (Å²) in [6, 6.07) is 0. The minimum atomic E-state index is -2.60. The Balaban J connectivity index is 1.71. The maximum absolute atomic E-state index is 13.2. The van der Waals surface area contributed by atoms with Gasteiger partial charge < -0.3 is 0 Å². The van der Waals surface area contributed by atoms with Gasteiger partial charge in [-0.3, -0.25) is 9.09 Å². The second kappa shape index (κ2) is 6.13. The van der Waals surface area contributed by atoms with Crippen molar-refractivity contribution >= 4 is 0 Å². The van der Waals surface area contributed by atoms with E-state index in [1.165, 1.54) is 4.57 Å². The number of nitrogens with zero attached hydrogens (tertiary/aromatic N) is 4. The third-order valence-corrected chi connectivity index (χ3v) is 4.04. The summed E-state index contributed by atoms with van der Waals surface area (Å²) in [5.41, 5.74) is 0. The number of hydrogen-bond acceptors (Lipinski definition) is 5. The Labute approximate surface area is 129 Å². The Morgan fingerprint density at radius 1 is 1.26 bits per heavy atom. The lowest BCUT2D eigenvalue weighted by Crippen LogP contribution is -2.27. The summed E-state index contributed by atoms with van der Waals surface area (Å²) in [6.45, 7) is 0.000820. The lowest BCUT2D eigenvalue weighted by atomic mass is 9.84. The highest BCUT2D eigenvalue weighted by atomic mass is 19.3. The lowest BCUT2D eigenvalue weighted by Gasteiger charge is -2.27. The molecule has 0 bridgehead atoms. The molecule has 0 atom stereocenters. The molecule has 2 aromatic heterocycles. The predicted molar refractivity (Wildman–Crippen MR) is 72.5 cm³/mol. The topological polar surface area (TPSA) is 73.8 Å². The zero-order chi connectivity index (χ0) is 16.4. The lowest BCUT2D eigenvalue weighted by molar-refractivity contribution is -0.0459. The van der Waals surface area contributed by atoms with Gasteiger partial charge in [0.25, 0.3) is 0 Å². The van der Waals surface area contributed by atoms with Gasteiger partial charge in [0.2, 0.25) is 5.92 Å². The highest BCUT2D eigenvalue weighted by Crippen LogP contribution is 2.37. The highest BCUT2D eigenvalue weighted by molar-refractivity contribution is 4.96. The van der Waals surface area contributed by atoms with Crippen LogP contribution in [0, 0.1) is 11.7 Å². The van der Waals surface area contributed by atoms with Crippen LogP contribution in [0.2, 0.25) is 0 Å². The van der Waals surface area contributed by atoms with Crippen molar-refractivity contribution in [1.29, 1.82) is 0 Å². The van der Waals surface area contributed by atoms with Crippen molar-refractivity contribution in [3.63, 3.8) is 0 Å². The van der Waals surface area contributed by atoms with E-state index in [0.717, 1.165) is 12.4 Å². The first-order valence-corrected chi connectivity index (χ1v) is 7.32. The van der Waals surface area contributed by atoms with Gasteiger partial charge in [-0.25, -0.2) is 27.9 Å². The fourth-order valence-corrected chi connectivity index (χ4v) is 2.72. The fourth-order valence-electron chi connectivity index (χ4n) is 2.72. The number of aromatic nitrogens is 4. The van der Waals surface area contributed by atoms with Crippen LogP contribution in [0.4, 0.5) is 13.2 Å². The second-order valence-corrected chi connectivity index (χ2v) is 5.77. The number of halogens is 3. The van der Waals surface area contributed by atoms with Crippen molar-refractivity contribution in [2.45, 2.75) is 44.6 Å². The highest BCUT2D eigenvalue weighted by Gasteiger charge is 2.35. The standard InChI is InChI=1S/C14H15F3N4O2/c15-10-6-18-11(19-7-10)8-21-12(20-23-13(21)22)5-9-1-3-14(16,17)4-2-9/h6-7,9H,1-5,8H2. The van der Waals surface area contributed by atoms with Gasteiger partial charge in [-0.05, 0) is 18.8 Å². The summed E-state index contributed by atoms with van der Waals surface area (Å²) in [6.07, 6.45) is 2.83. The Kier molecular flexibility index (Phi) is 4.18. The molecule has 6 nitrogen and oxygen atoms in total. The van der Waals surface area contributed by atoms with Crippen molar-refractivity contribution in [2.75, 3.05) is 0 Å². The van der Waals surface area contributed by atoms with Crippen LogP contribution in [-0.4, -0.2) is 25.6 Å². The maximum atomic E-state index is 13.2. The SMILES string of the molecule is O=c1onc(CC2CCC(F)(F)CC2)n1Cc1ncc(F)cn1. The van der Waals surface area contributed by atoms with Crippen LogP contribution >= 0.6 is 0 Å². The van der Waals surface area contributed by atoms with E-state index in [1.807, 2.05) is 0 Å². The molecular formula is C14H15F3N4O2. The summed E-state index contributed by atoms with van der Waals surface area (Å²) in [5.74, 6) is -3.20. The van der Waals surface area contributed by atoms with Gasteiger partial charge in [-0.2, -0.15) is 0 Å². The van der Waals surface area contributed by atoms with E-state index in [2.05, 4.69) is 19.6 Å². The van der Waals surface area contributed by atoms with Crippen LogP contribution in [0.3, 0.4) is 0 Å². The number of hydrogen-bond donors (Lipinski definition) is 0. The van der Waals surface area contributed by atoms with Gasteiger partial charge in [0.15, 0.2) is 11.6 Å². The van der Waals surface area contributed by atoms with Crippen LogP contribution in [-0.2, 0) is 13.0 Å². The van der Waals surface area contributed by atoms with Gasteiger partial charge in [0.1, 0.15) is 5.82 Å². The van der Waals surface area contributed by atoms with Crippen LogP contribution < -0.4 is 5.76 Å². The van der Waals surface area contributed by atoms with Crippen molar-refractivity contribution < 1.29 is 17.7 Å². The van der Waals surface area contributed by atoms with Crippen LogP contribution in [0.1, 0.15) is 37.3 Å². The van der Waals surface area contributed by atoms with Gasteiger partial charge in [0, 0.05) is 19.3 Å². The molecule has 0 spiro atoms. The van der Waals surface area contributed by atoms with E-state index in [0.29, 0.717) is 25.1 Å². The molecule has 1 saturated carbocycles. The number of rotatable bonds is 4. The van der Waals surface area contributed by atoms with Crippen LogP contribution in [0.15, 0.2) is 21.7 Å². The first kappa shape index (κ1) is 15.7. The Morgan fingerprint density at radius 3 is 2.57 bits per heavy atom. The molecule has 124 valence electrons. The van der Waals surface area contributed by atoms with Crippen molar-refractivity contribution in [1.82, 2.24) is 19.7 Å². The molecule has 2 heterocycles. The molecule has 0 aromatic carbocycles. The molecule has 3 rings (SSSR count). The Hall–Kier alpha value is -2.19. The fraction of sp³-hybridized carbons (Fsp3) is 0.571. The maximum Gasteiger partial charge on any atom is 0.442 e. The summed E-state index contributed by atoms with van der Waals surface area (Å²) < 4.78 is 45.1. The first-order valence-electron chi connectivity index (χ1n) is 7.32. The minimum Gasteiger partial charge on any atom is -0.296 e. The van der Waals surface area contributed by atoms with Crippen LogP contribution in [0.25, 0.3) is 0 Å². The molecular weight excluding hydrogens is 313 g/mol. The van der Waals surface area contributed by atoms with E-state index in [9.17, 15) is 18.0 Å². The Bertz CT molecular complexity index is 716. The molecule has 2 aromatic rings. The van der Waals surface area contributed by atoms with E-state index >= 15 is 0 Å². The molecule has 0 aliphatic heterocycles. The molecule has 1 aliphatic carbocycles. The predicted octanol–water partition coefficient (Wildman–Crippen LogP) is 2.18. The largest absolute Gasteiger partial charge is 0.442 e. The molecule has 0 N–H and O–H groups in total. The van der Waals surface area contributed by atoms with E-state index in [4.69, 9.17) is 0 Å². The van der Waals surface area contributed by atoms with Gasteiger partial charge in [0.05, 0.1) is 18.9 Å². The summed E-state index contributed by atoms with van der Waals surface area (Å²) in [7, 11) is 0. The van der Waals surface area contributed by atoms with E-state index < -0.39 is 17.5 Å². The van der Waals surface area contributed by atoms with Gasteiger partial charge in [-0.1, -0.05) is 5.16 Å². The molecule has 0 unspecified atom stereocenters. The van der Waals surface area contributed by atoms with Gasteiger partial charge in [-0.15, -0.1) is 0 Å². The van der Waals surface area contributed by atoms with Crippen molar-refractivity contribution in [3.8, 4) is 0 Å². The molecule has 0 radical (unpaired) electrons. The quantitative estimate of drug-likeness (QED) is 0.860. The zero-order valence-corrected chi connectivity index (χ0v) is 12.2. The molecule has 0 saturated heterocycles. The van der Waals surface area contributed by atoms with Gasteiger partial charge >= 0.3 is 5.76 Å². The summed E-state index contributed by atoms with van der Waals surface area (Å²) in [4.78, 5) is 19.3. The average Bonchev–Trinajstić information content (AvgIpc) is 2.85. The molecule has 9 heteroatoms. The monoisotopic (exact) mass is 328 g/mol.